The van der Waals surface area contributed by atoms with Crippen LogP contribution >= 0.6 is 11.6 Å². The summed E-state index contributed by atoms with van der Waals surface area (Å²) in [6.07, 6.45) is 0.00822. The second kappa shape index (κ2) is 7.94. The van der Waals surface area contributed by atoms with Gasteiger partial charge < -0.3 is 14.8 Å². The lowest BCUT2D eigenvalue weighted by molar-refractivity contribution is -0.116. The highest BCUT2D eigenvalue weighted by atomic mass is 35.5. The third-order valence-corrected chi connectivity index (χ3v) is 5.21. The quantitative estimate of drug-likeness (QED) is 0.750. The molecule has 0 spiro atoms. The molecule has 7 nitrogen and oxygen atoms in total. The molecule has 0 aromatic heterocycles. The Hall–Kier alpha value is -2.29. The van der Waals surface area contributed by atoms with Crippen LogP contribution in [0.4, 0.5) is 5.69 Å². The number of amides is 1. The van der Waals surface area contributed by atoms with Crippen LogP contribution in [-0.4, -0.2) is 27.7 Å². The summed E-state index contributed by atoms with van der Waals surface area (Å²) < 4.78 is 36.9. The Balaban J connectivity index is 1.46. The van der Waals surface area contributed by atoms with Gasteiger partial charge in [-0.05, 0) is 29.8 Å². The van der Waals surface area contributed by atoms with Crippen molar-refractivity contribution in [1.82, 2.24) is 4.72 Å². The van der Waals surface area contributed by atoms with Gasteiger partial charge in [-0.15, -0.1) is 0 Å². The highest BCUT2D eigenvalue weighted by Crippen LogP contribution is 2.34. The summed E-state index contributed by atoms with van der Waals surface area (Å²) in [6.45, 7) is 0.161. The first-order valence-electron chi connectivity index (χ1n) is 7.82. The Morgan fingerprint density at radius 2 is 1.81 bits per heavy atom. The number of rotatable bonds is 7. The maximum Gasteiger partial charge on any atom is 0.231 e. The van der Waals surface area contributed by atoms with E-state index < -0.39 is 10.0 Å². The van der Waals surface area contributed by atoms with E-state index in [0.717, 1.165) is 0 Å². The van der Waals surface area contributed by atoms with Gasteiger partial charge in [-0.2, -0.15) is 0 Å². The van der Waals surface area contributed by atoms with Crippen molar-refractivity contribution in [2.24, 2.45) is 0 Å². The van der Waals surface area contributed by atoms with Gasteiger partial charge in [0, 0.05) is 29.7 Å². The molecule has 0 aliphatic carbocycles. The molecule has 26 heavy (non-hydrogen) atoms. The van der Waals surface area contributed by atoms with Gasteiger partial charge in [0.25, 0.3) is 0 Å². The van der Waals surface area contributed by atoms with E-state index in [9.17, 15) is 13.2 Å². The molecule has 1 heterocycles. The number of hydrogen-bond donors (Lipinski definition) is 2. The van der Waals surface area contributed by atoms with E-state index in [2.05, 4.69) is 10.0 Å². The van der Waals surface area contributed by atoms with Gasteiger partial charge in [-0.1, -0.05) is 23.7 Å². The minimum Gasteiger partial charge on any atom is -0.454 e. The molecule has 2 N–H and O–H groups in total. The third kappa shape index (κ3) is 5.10. The molecule has 0 atom stereocenters. The van der Waals surface area contributed by atoms with Crippen LogP contribution in [0.25, 0.3) is 0 Å². The zero-order chi connectivity index (χ0) is 18.6. The first kappa shape index (κ1) is 18.5. The highest BCUT2D eigenvalue weighted by Gasteiger charge is 2.15. The zero-order valence-corrected chi connectivity index (χ0v) is 15.3. The molecule has 0 fully saturated rings. The number of halogens is 1. The topological polar surface area (TPSA) is 93.7 Å². The number of hydrogen-bond acceptors (Lipinski definition) is 5. The van der Waals surface area contributed by atoms with Crippen LogP contribution in [0.5, 0.6) is 11.5 Å². The summed E-state index contributed by atoms with van der Waals surface area (Å²) in [6, 6.07) is 11.6. The number of carbonyl (C=O) groups excluding carboxylic acids is 1. The van der Waals surface area contributed by atoms with Crippen LogP contribution in [0, 0.1) is 0 Å². The molecule has 0 saturated heterocycles. The van der Waals surface area contributed by atoms with E-state index in [1.807, 2.05) is 0 Å². The van der Waals surface area contributed by atoms with E-state index in [1.54, 1.807) is 42.5 Å². The van der Waals surface area contributed by atoms with Gasteiger partial charge in [0.05, 0.1) is 5.75 Å². The molecule has 0 bridgehead atoms. The Bertz CT molecular complexity index is 900. The van der Waals surface area contributed by atoms with Gasteiger partial charge in [-0.25, -0.2) is 13.1 Å². The van der Waals surface area contributed by atoms with Crippen LogP contribution in [0.3, 0.4) is 0 Å². The summed E-state index contributed by atoms with van der Waals surface area (Å²) >= 11 is 5.77. The van der Waals surface area contributed by atoms with Crippen molar-refractivity contribution in [2.75, 3.05) is 18.7 Å². The number of ether oxygens (including phenoxy) is 2. The van der Waals surface area contributed by atoms with Crippen molar-refractivity contribution in [3.63, 3.8) is 0 Å². The maximum atomic E-state index is 12.0. The average molecular weight is 397 g/mol. The monoisotopic (exact) mass is 396 g/mol. The first-order chi connectivity index (χ1) is 12.4. The van der Waals surface area contributed by atoms with Crippen LogP contribution in [0.2, 0.25) is 5.02 Å². The fraction of sp³-hybridized carbons (Fsp3) is 0.235. The Labute approximate surface area is 156 Å². The van der Waals surface area contributed by atoms with E-state index in [0.29, 0.717) is 27.8 Å². The lowest BCUT2D eigenvalue weighted by Gasteiger charge is -2.08. The van der Waals surface area contributed by atoms with Crippen LogP contribution in [0.1, 0.15) is 12.0 Å². The van der Waals surface area contributed by atoms with E-state index in [-0.39, 0.29) is 31.4 Å². The van der Waals surface area contributed by atoms with Gasteiger partial charge in [-0.3, -0.25) is 4.79 Å². The number of carbonyl (C=O) groups is 1. The predicted octanol–water partition coefficient (Wildman–Crippen LogP) is 2.52. The minimum atomic E-state index is -3.53. The zero-order valence-electron chi connectivity index (χ0n) is 13.7. The molecular formula is C17H17ClN2O5S. The lowest BCUT2D eigenvalue weighted by Crippen LogP contribution is -2.28. The summed E-state index contributed by atoms with van der Waals surface area (Å²) in [5.41, 5.74) is 1.18. The molecule has 1 amide bonds. The fourth-order valence-electron chi connectivity index (χ4n) is 2.37. The van der Waals surface area contributed by atoms with Crippen molar-refractivity contribution < 1.29 is 22.7 Å². The number of anilines is 1. The average Bonchev–Trinajstić information content (AvgIpc) is 3.04. The number of fused-ring (bicyclic) bond motifs is 1. The van der Waals surface area contributed by atoms with E-state index in [1.165, 1.54) is 0 Å². The van der Waals surface area contributed by atoms with Crippen molar-refractivity contribution in [3.05, 3.63) is 53.1 Å². The smallest absolute Gasteiger partial charge is 0.231 e. The fourth-order valence-corrected chi connectivity index (χ4v) is 3.64. The molecule has 3 rings (SSSR count). The molecular weight excluding hydrogens is 380 g/mol. The van der Waals surface area contributed by atoms with Gasteiger partial charge in [0.1, 0.15) is 0 Å². The van der Waals surface area contributed by atoms with Crippen molar-refractivity contribution in [1.29, 1.82) is 0 Å². The van der Waals surface area contributed by atoms with E-state index >= 15 is 0 Å². The van der Waals surface area contributed by atoms with Crippen LogP contribution in [-0.2, 0) is 20.6 Å². The van der Waals surface area contributed by atoms with Gasteiger partial charge in [0.15, 0.2) is 11.5 Å². The molecule has 1 aliphatic heterocycles. The van der Waals surface area contributed by atoms with Crippen molar-refractivity contribution in [3.8, 4) is 11.5 Å². The molecule has 2 aromatic carbocycles. The summed E-state index contributed by atoms with van der Waals surface area (Å²) in [4.78, 5) is 12.0. The van der Waals surface area contributed by atoms with Crippen LogP contribution < -0.4 is 19.5 Å². The largest absolute Gasteiger partial charge is 0.454 e. The number of nitrogens with one attached hydrogen (secondary N) is 2. The van der Waals surface area contributed by atoms with Crippen molar-refractivity contribution >= 4 is 33.2 Å². The van der Waals surface area contributed by atoms with E-state index in [4.69, 9.17) is 21.1 Å². The Kier molecular flexibility index (Phi) is 5.65. The summed E-state index contributed by atoms with van der Waals surface area (Å²) in [5, 5.41) is 3.23. The Morgan fingerprint density at radius 3 is 2.58 bits per heavy atom. The molecule has 2 aromatic rings. The lowest BCUT2D eigenvalue weighted by atomic mass is 10.2. The van der Waals surface area contributed by atoms with Crippen molar-refractivity contribution in [2.45, 2.75) is 12.2 Å². The normalized spacial score (nSPS) is 12.8. The summed E-state index contributed by atoms with van der Waals surface area (Å²) in [7, 11) is -3.53. The molecule has 0 radical (unpaired) electrons. The van der Waals surface area contributed by atoms with Crippen LogP contribution in [0.15, 0.2) is 42.5 Å². The molecule has 1 aliphatic rings. The maximum absolute atomic E-state index is 12.0. The predicted molar refractivity (Wildman–Crippen MR) is 97.9 cm³/mol. The van der Waals surface area contributed by atoms with Gasteiger partial charge >= 0.3 is 0 Å². The third-order valence-electron chi connectivity index (χ3n) is 3.60. The number of benzene rings is 2. The molecule has 0 saturated carbocycles. The second-order valence-corrected chi connectivity index (χ2v) is 7.89. The Morgan fingerprint density at radius 1 is 1.08 bits per heavy atom. The standard InChI is InChI=1S/C17H17ClN2O5S/c18-13-3-1-12(2-4-13)10-26(22,23)19-8-7-17(21)20-14-5-6-15-16(9-14)25-11-24-15/h1-6,9,19H,7-8,10-11H2,(H,20,21). The summed E-state index contributed by atoms with van der Waals surface area (Å²) in [5.74, 6) is 0.705. The molecule has 0 unspecified atom stereocenters. The van der Waals surface area contributed by atoms with Gasteiger partial charge in [0.2, 0.25) is 22.7 Å². The number of sulfonamides is 1. The highest BCUT2D eigenvalue weighted by molar-refractivity contribution is 7.88. The second-order valence-electron chi connectivity index (χ2n) is 5.65. The minimum absolute atomic E-state index is 0.00626. The molecule has 9 heteroatoms. The molecule has 138 valence electrons. The first-order valence-corrected chi connectivity index (χ1v) is 9.86. The SMILES string of the molecule is O=C(CCNS(=O)(=O)Cc1ccc(Cl)cc1)Nc1ccc2c(c1)OCO2.